The highest BCUT2D eigenvalue weighted by Crippen LogP contribution is 2.27. The normalized spacial score (nSPS) is 21.0. The van der Waals surface area contributed by atoms with Crippen LogP contribution in [0, 0.1) is 5.92 Å². The summed E-state index contributed by atoms with van der Waals surface area (Å²) in [6.45, 7) is 2.18. The second kappa shape index (κ2) is 7.99. The van der Waals surface area contributed by atoms with Gasteiger partial charge in [0.2, 0.25) is 0 Å². The predicted octanol–water partition coefficient (Wildman–Crippen LogP) is 1.04. The number of hydrogen-bond donors (Lipinski definition) is 1. The Bertz CT molecular complexity index is 609. The summed E-state index contributed by atoms with van der Waals surface area (Å²) in [5.41, 5.74) is 0.557. The van der Waals surface area contributed by atoms with E-state index in [0.717, 1.165) is 32.1 Å². The van der Waals surface area contributed by atoms with E-state index in [1.54, 1.807) is 33.9 Å². The largest absolute Gasteiger partial charge is 0.383 e. The Kier molecular flexibility index (Phi) is 5.73. The molecule has 0 unspecified atom stereocenters. The average Bonchev–Trinajstić information content (AvgIpc) is 2.92. The number of imidazole rings is 1. The molecule has 1 aromatic heterocycles. The Hall–Kier alpha value is -1.89. The van der Waals surface area contributed by atoms with Crippen molar-refractivity contribution < 1.29 is 14.7 Å². The number of hydrogen-bond acceptors (Lipinski definition) is 4. The van der Waals surface area contributed by atoms with Crippen LogP contribution in [-0.2, 0) is 11.8 Å². The van der Waals surface area contributed by atoms with Crippen LogP contribution in [0.15, 0.2) is 12.5 Å². The fourth-order valence-corrected chi connectivity index (χ4v) is 3.90. The zero-order chi connectivity index (χ0) is 17.8. The maximum Gasteiger partial charge on any atom is 0.272 e. The molecule has 2 aliphatic rings. The summed E-state index contributed by atoms with van der Waals surface area (Å²) in [5, 5.41) is 10.5. The lowest BCUT2D eigenvalue weighted by molar-refractivity contribution is -0.143. The summed E-state index contributed by atoms with van der Waals surface area (Å²) in [7, 11) is 1.80. The molecule has 25 heavy (non-hydrogen) atoms. The Labute approximate surface area is 148 Å². The molecular formula is C18H28N4O3. The summed E-state index contributed by atoms with van der Waals surface area (Å²) in [4.78, 5) is 32.8. The molecule has 1 atom stereocenters. The van der Waals surface area contributed by atoms with E-state index in [1.165, 1.54) is 6.42 Å². The van der Waals surface area contributed by atoms with Crippen molar-refractivity contribution in [2.75, 3.05) is 26.2 Å². The molecule has 1 N–H and O–H groups in total. The maximum absolute atomic E-state index is 12.7. The highest BCUT2D eigenvalue weighted by Gasteiger charge is 2.32. The first-order valence-electron chi connectivity index (χ1n) is 9.30. The van der Waals surface area contributed by atoms with Crippen LogP contribution in [0.25, 0.3) is 0 Å². The zero-order valence-electron chi connectivity index (χ0n) is 14.9. The lowest BCUT2D eigenvalue weighted by Crippen LogP contribution is -2.45. The molecule has 138 valence electrons. The number of aromatic nitrogens is 2. The van der Waals surface area contributed by atoms with Crippen LogP contribution in [0.1, 0.15) is 49.0 Å². The van der Waals surface area contributed by atoms with Gasteiger partial charge in [0, 0.05) is 33.2 Å². The van der Waals surface area contributed by atoms with Crippen molar-refractivity contribution in [2.24, 2.45) is 13.0 Å². The van der Waals surface area contributed by atoms with E-state index >= 15 is 0 Å². The molecule has 2 heterocycles. The van der Waals surface area contributed by atoms with Gasteiger partial charge in [-0.2, -0.15) is 0 Å². The van der Waals surface area contributed by atoms with Gasteiger partial charge < -0.3 is 19.5 Å². The summed E-state index contributed by atoms with van der Waals surface area (Å²) in [5.74, 6) is -0.124. The fourth-order valence-electron chi connectivity index (χ4n) is 3.90. The first-order valence-corrected chi connectivity index (χ1v) is 9.30. The van der Waals surface area contributed by atoms with Gasteiger partial charge in [-0.05, 0) is 25.2 Å². The Morgan fingerprint density at radius 2 is 1.76 bits per heavy atom. The van der Waals surface area contributed by atoms with Crippen molar-refractivity contribution >= 4 is 11.8 Å². The summed E-state index contributed by atoms with van der Waals surface area (Å²) >= 11 is 0. The molecule has 0 radical (unpaired) electrons. The lowest BCUT2D eigenvalue weighted by atomic mass is 9.85. The summed E-state index contributed by atoms with van der Waals surface area (Å²) in [6.07, 6.45) is 8.30. The van der Waals surface area contributed by atoms with Gasteiger partial charge >= 0.3 is 0 Å². The average molecular weight is 348 g/mol. The molecule has 1 saturated carbocycles. The van der Waals surface area contributed by atoms with Crippen LogP contribution in [0.5, 0.6) is 0 Å². The molecule has 1 aliphatic heterocycles. The van der Waals surface area contributed by atoms with Gasteiger partial charge in [0.1, 0.15) is 11.8 Å². The van der Waals surface area contributed by atoms with Crippen molar-refractivity contribution in [1.29, 1.82) is 0 Å². The first-order chi connectivity index (χ1) is 12.1. The van der Waals surface area contributed by atoms with E-state index < -0.39 is 6.10 Å². The van der Waals surface area contributed by atoms with Crippen molar-refractivity contribution in [2.45, 2.75) is 44.6 Å². The molecule has 0 aromatic carbocycles. The SMILES string of the molecule is Cn1cncc1C(=O)N1CCCN(C(=O)[C@H](O)C2CCCCC2)CC1. The van der Waals surface area contributed by atoms with E-state index in [2.05, 4.69) is 4.98 Å². The van der Waals surface area contributed by atoms with E-state index in [0.29, 0.717) is 31.9 Å². The number of nitrogens with zero attached hydrogens (tertiary/aromatic N) is 4. The van der Waals surface area contributed by atoms with Crippen LogP contribution in [0.3, 0.4) is 0 Å². The van der Waals surface area contributed by atoms with Gasteiger partial charge in [0.25, 0.3) is 11.8 Å². The number of aryl methyl sites for hydroxylation is 1. The molecular weight excluding hydrogens is 320 g/mol. The summed E-state index contributed by atoms with van der Waals surface area (Å²) < 4.78 is 1.71. The third-order valence-corrected chi connectivity index (χ3v) is 5.48. The number of amides is 2. The Morgan fingerprint density at radius 3 is 2.44 bits per heavy atom. The van der Waals surface area contributed by atoms with Crippen LogP contribution in [0.2, 0.25) is 0 Å². The van der Waals surface area contributed by atoms with Gasteiger partial charge in [-0.25, -0.2) is 4.98 Å². The van der Waals surface area contributed by atoms with E-state index in [9.17, 15) is 14.7 Å². The topological polar surface area (TPSA) is 78.7 Å². The van der Waals surface area contributed by atoms with E-state index in [-0.39, 0.29) is 17.7 Å². The van der Waals surface area contributed by atoms with E-state index in [1.807, 2.05) is 0 Å². The highest BCUT2D eigenvalue weighted by atomic mass is 16.3. The molecule has 0 bridgehead atoms. The van der Waals surface area contributed by atoms with Crippen LogP contribution < -0.4 is 0 Å². The fraction of sp³-hybridized carbons (Fsp3) is 0.722. The molecule has 2 amide bonds. The number of rotatable bonds is 3. The van der Waals surface area contributed by atoms with E-state index in [4.69, 9.17) is 0 Å². The Balaban J connectivity index is 1.58. The molecule has 7 nitrogen and oxygen atoms in total. The highest BCUT2D eigenvalue weighted by molar-refractivity contribution is 5.92. The molecule has 1 aliphatic carbocycles. The zero-order valence-corrected chi connectivity index (χ0v) is 14.9. The quantitative estimate of drug-likeness (QED) is 0.885. The van der Waals surface area contributed by atoms with Crippen LogP contribution in [-0.4, -0.2) is 68.6 Å². The monoisotopic (exact) mass is 348 g/mol. The molecule has 0 spiro atoms. The molecule has 2 fully saturated rings. The van der Waals surface area contributed by atoms with Crippen LogP contribution in [0.4, 0.5) is 0 Å². The Morgan fingerprint density at radius 1 is 1.08 bits per heavy atom. The number of carbonyl (C=O) groups excluding carboxylic acids is 2. The standard InChI is InChI=1S/C18H28N4O3/c1-20-13-19-12-15(20)17(24)21-8-5-9-22(11-10-21)18(25)16(23)14-6-3-2-4-7-14/h12-14,16,23H,2-11H2,1H3/t16-/m1/s1. The molecule has 7 heteroatoms. The summed E-state index contributed by atoms with van der Waals surface area (Å²) in [6, 6.07) is 0. The molecule has 1 saturated heterocycles. The third kappa shape index (κ3) is 4.03. The van der Waals surface area contributed by atoms with Crippen molar-refractivity contribution in [3.8, 4) is 0 Å². The minimum Gasteiger partial charge on any atom is -0.383 e. The van der Waals surface area contributed by atoms with Gasteiger partial charge in [-0.15, -0.1) is 0 Å². The maximum atomic E-state index is 12.7. The van der Waals surface area contributed by atoms with Crippen molar-refractivity contribution in [3.63, 3.8) is 0 Å². The van der Waals surface area contributed by atoms with Crippen molar-refractivity contribution in [1.82, 2.24) is 19.4 Å². The molecule has 3 rings (SSSR count). The molecule has 1 aromatic rings. The smallest absolute Gasteiger partial charge is 0.272 e. The second-order valence-electron chi connectivity index (χ2n) is 7.20. The van der Waals surface area contributed by atoms with Crippen LogP contribution >= 0.6 is 0 Å². The number of aliphatic hydroxyl groups is 1. The number of aliphatic hydroxyl groups excluding tert-OH is 1. The predicted molar refractivity (Wildman–Crippen MR) is 92.9 cm³/mol. The third-order valence-electron chi connectivity index (χ3n) is 5.48. The number of carbonyl (C=O) groups is 2. The van der Waals surface area contributed by atoms with Crippen molar-refractivity contribution in [3.05, 3.63) is 18.2 Å². The lowest BCUT2D eigenvalue weighted by Gasteiger charge is -2.30. The minimum atomic E-state index is -0.889. The van der Waals surface area contributed by atoms with Gasteiger partial charge in [0.15, 0.2) is 0 Å². The first kappa shape index (κ1) is 17.9. The van der Waals surface area contributed by atoms with Gasteiger partial charge in [-0.3, -0.25) is 9.59 Å². The minimum absolute atomic E-state index is 0.0536. The second-order valence-corrected chi connectivity index (χ2v) is 7.20. The van der Waals surface area contributed by atoms with Gasteiger partial charge in [-0.1, -0.05) is 19.3 Å². The van der Waals surface area contributed by atoms with Gasteiger partial charge in [0.05, 0.1) is 12.5 Å².